The summed E-state index contributed by atoms with van der Waals surface area (Å²) in [5, 5.41) is 0. The van der Waals surface area contributed by atoms with Crippen LogP contribution < -0.4 is 5.73 Å². The van der Waals surface area contributed by atoms with Crippen molar-refractivity contribution >= 4 is 0 Å². The lowest BCUT2D eigenvalue weighted by molar-refractivity contribution is 0.550. The molecule has 0 amide bonds. The molecule has 0 saturated heterocycles. The maximum atomic E-state index is 13.4. The summed E-state index contributed by atoms with van der Waals surface area (Å²) in [4.78, 5) is 0. The summed E-state index contributed by atoms with van der Waals surface area (Å²) < 4.78 is 31.0. The number of hydrogen-bond acceptors (Lipinski definition) is 2. The van der Waals surface area contributed by atoms with Crippen LogP contribution in [0.15, 0.2) is 41.2 Å². The summed E-state index contributed by atoms with van der Waals surface area (Å²) in [5.41, 5.74) is 7.31. The van der Waals surface area contributed by atoms with Gasteiger partial charge in [-0.1, -0.05) is 6.07 Å². The highest BCUT2D eigenvalue weighted by Gasteiger charge is 2.10. The van der Waals surface area contributed by atoms with E-state index in [1.165, 1.54) is 12.1 Å². The van der Waals surface area contributed by atoms with Gasteiger partial charge < -0.3 is 10.2 Å². The molecule has 0 bridgehead atoms. The Labute approximate surface area is 98.0 Å². The summed E-state index contributed by atoms with van der Waals surface area (Å²) in [6.07, 6.45) is 4.16. The lowest BCUT2D eigenvalue weighted by Crippen LogP contribution is -2.25. The average molecular weight is 237 g/mol. The molecule has 1 aromatic carbocycles. The minimum absolute atomic E-state index is 0.215. The second-order valence-corrected chi connectivity index (χ2v) is 4.04. The lowest BCUT2D eigenvalue weighted by Gasteiger charge is -2.11. The van der Waals surface area contributed by atoms with Gasteiger partial charge in [-0.2, -0.15) is 0 Å². The number of nitrogens with two attached hydrogens (primary N) is 1. The predicted molar refractivity (Wildman–Crippen MR) is 60.4 cm³/mol. The first kappa shape index (κ1) is 11.8. The molecule has 2 N–H and O–H groups in total. The van der Waals surface area contributed by atoms with Crippen LogP contribution in [-0.2, 0) is 12.8 Å². The van der Waals surface area contributed by atoms with E-state index in [0.717, 1.165) is 11.6 Å². The molecule has 2 nitrogen and oxygen atoms in total. The third-order valence-corrected chi connectivity index (χ3v) is 2.58. The predicted octanol–water partition coefficient (Wildman–Crippen LogP) is 2.67. The molecule has 0 spiro atoms. The Balaban J connectivity index is 2.00. The zero-order valence-corrected chi connectivity index (χ0v) is 9.20. The number of hydrogen-bond donors (Lipinski definition) is 1. The molecule has 17 heavy (non-hydrogen) atoms. The van der Waals surface area contributed by atoms with Gasteiger partial charge in [0.15, 0.2) is 0 Å². The first-order valence-electron chi connectivity index (χ1n) is 5.36. The molecule has 0 aliphatic rings. The summed E-state index contributed by atoms with van der Waals surface area (Å²) >= 11 is 0. The zero-order chi connectivity index (χ0) is 12.3. The fourth-order valence-electron chi connectivity index (χ4n) is 1.75. The van der Waals surface area contributed by atoms with E-state index in [0.29, 0.717) is 18.4 Å². The van der Waals surface area contributed by atoms with Crippen LogP contribution in [0.25, 0.3) is 0 Å². The van der Waals surface area contributed by atoms with Gasteiger partial charge in [-0.05, 0) is 36.1 Å². The van der Waals surface area contributed by atoms with Gasteiger partial charge in [0, 0.05) is 12.1 Å². The second-order valence-electron chi connectivity index (χ2n) is 4.04. The van der Waals surface area contributed by atoms with Gasteiger partial charge in [0.2, 0.25) is 0 Å². The number of furan rings is 1. The van der Waals surface area contributed by atoms with E-state index in [2.05, 4.69) is 0 Å². The number of benzene rings is 1. The van der Waals surface area contributed by atoms with E-state index in [-0.39, 0.29) is 6.04 Å². The Morgan fingerprint density at radius 3 is 2.65 bits per heavy atom. The van der Waals surface area contributed by atoms with Crippen LogP contribution in [0.3, 0.4) is 0 Å². The van der Waals surface area contributed by atoms with E-state index in [9.17, 15) is 8.78 Å². The van der Waals surface area contributed by atoms with Gasteiger partial charge in [-0.15, -0.1) is 0 Å². The number of halogens is 2. The third kappa shape index (κ3) is 3.14. The first-order valence-corrected chi connectivity index (χ1v) is 5.36. The Morgan fingerprint density at radius 1 is 1.18 bits per heavy atom. The van der Waals surface area contributed by atoms with Gasteiger partial charge in [-0.25, -0.2) is 8.78 Å². The SMILES string of the molecule is NC(Cc1ccoc1)Cc1ccc(F)cc1F. The second kappa shape index (κ2) is 5.10. The van der Waals surface area contributed by atoms with Crippen molar-refractivity contribution in [2.45, 2.75) is 18.9 Å². The molecule has 0 aliphatic carbocycles. The van der Waals surface area contributed by atoms with E-state index >= 15 is 0 Å². The first-order chi connectivity index (χ1) is 8.15. The molecule has 4 heteroatoms. The van der Waals surface area contributed by atoms with E-state index < -0.39 is 11.6 Å². The van der Waals surface area contributed by atoms with Gasteiger partial charge in [-0.3, -0.25) is 0 Å². The van der Waals surface area contributed by atoms with Crippen molar-refractivity contribution < 1.29 is 13.2 Å². The minimum Gasteiger partial charge on any atom is -0.472 e. The molecule has 0 saturated carbocycles. The number of rotatable bonds is 4. The van der Waals surface area contributed by atoms with Crippen LogP contribution >= 0.6 is 0 Å². The monoisotopic (exact) mass is 237 g/mol. The highest BCUT2D eigenvalue weighted by Crippen LogP contribution is 2.13. The maximum absolute atomic E-state index is 13.4. The van der Waals surface area contributed by atoms with Crippen molar-refractivity contribution in [1.29, 1.82) is 0 Å². The van der Waals surface area contributed by atoms with Crippen molar-refractivity contribution in [1.82, 2.24) is 0 Å². The molecule has 1 atom stereocenters. The molecule has 1 aromatic heterocycles. The highest BCUT2D eigenvalue weighted by molar-refractivity contribution is 5.20. The Hall–Kier alpha value is -1.68. The summed E-state index contributed by atoms with van der Waals surface area (Å²) in [5.74, 6) is -1.12. The van der Waals surface area contributed by atoms with E-state index in [4.69, 9.17) is 10.2 Å². The van der Waals surface area contributed by atoms with Crippen molar-refractivity contribution in [3.8, 4) is 0 Å². The van der Waals surface area contributed by atoms with E-state index in [1.54, 1.807) is 12.5 Å². The molecular formula is C13H13F2NO. The van der Waals surface area contributed by atoms with Crippen LogP contribution in [0.4, 0.5) is 8.78 Å². The Bertz CT molecular complexity index is 482. The fourth-order valence-corrected chi connectivity index (χ4v) is 1.75. The normalized spacial score (nSPS) is 12.6. The standard InChI is InChI=1S/C13H13F2NO/c14-11-2-1-10(13(15)7-11)6-12(16)5-9-3-4-17-8-9/h1-4,7-8,12H,5-6,16H2. The van der Waals surface area contributed by atoms with Crippen molar-refractivity contribution in [3.63, 3.8) is 0 Å². The van der Waals surface area contributed by atoms with Gasteiger partial charge >= 0.3 is 0 Å². The molecule has 1 unspecified atom stereocenters. The summed E-state index contributed by atoms with van der Waals surface area (Å²) in [6.45, 7) is 0. The summed E-state index contributed by atoms with van der Waals surface area (Å²) in [7, 11) is 0. The lowest BCUT2D eigenvalue weighted by atomic mass is 10.0. The zero-order valence-electron chi connectivity index (χ0n) is 9.20. The average Bonchev–Trinajstić information content (AvgIpc) is 2.75. The Kier molecular flexibility index (Phi) is 3.54. The molecule has 0 aliphatic heterocycles. The minimum atomic E-state index is -0.574. The third-order valence-electron chi connectivity index (χ3n) is 2.58. The van der Waals surface area contributed by atoms with Gasteiger partial charge in [0.25, 0.3) is 0 Å². The maximum Gasteiger partial charge on any atom is 0.129 e. The van der Waals surface area contributed by atoms with E-state index in [1.807, 2.05) is 6.07 Å². The molecule has 0 radical (unpaired) electrons. The topological polar surface area (TPSA) is 39.2 Å². The van der Waals surface area contributed by atoms with Crippen molar-refractivity contribution in [2.24, 2.45) is 5.73 Å². The molecule has 1 heterocycles. The molecule has 2 rings (SSSR count). The molecule has 90 valence electrons. The molecular weight excluding hydrogens is 224 g/mol. The van der Waals surface area contributed by atoms with Crippen molar-refractivity contribution in [2.75, 3.05) is 0 Å². The van der Waals surface area contributed by atoms with Crippen LogP contribution in [0.5, 0.6) is 0 Å². The van der Waals surface area contributed by atoms with Crippen molar-refractivity contribution in [3.05, 3.63) is 59.6 Å². The quantitative estimate of drug-likeness (QED) is 0.887. The molecule has 0 fully saturated rings. The Morgan fingerprint density at radius 2 is 2.00 bits per heavy atom. The fraction of sp³-hybridized carbons (Fsp3) is 0.231. The van der Waals surface area contributed by atoms with Crippen LogP contribution in [0.1, 0.15) is 11.1 Å². The van der Waals surface area contributed by atoms with Crippen LogP contribution in [-0.4, -0.2) is 6.04 Å². The van der Waals surface area contributed by atoms with Gasteiger partial charge in [0.05, 0.1) is 12.5 Å². The largest absolute Gasteiger partial charge is 0.472 e. The molecule has 2 aromatic rings. The van der Waals surface area contributed by atoms with Crippen LogP contribution in [0, 0.1) is 11.6 Å². The van der Waals surface area contributed by atoms with Crippen LogP contribution in [0.2, 0.25) is 0 Å². The smallest absolute Gasteiger partial charge is 0.129 e. The summed E-state index contributed by atoms with van der Waals surface area (Å²) in [6, 6.07) is 5.15. The van der Waals surface area contributed by atoms with Gasteiger partial charge in [0.1, 0.15) is 11.6 Å². The highest BCUT2D eigenvalue weighted by atomic mass is 19.1.